The Labute approximate surface area is 141 Å². The van der Waals surface area contributed by atoms with E-state index in [9.17, 15) is 4.79 Å². The zero-order valence-electron chi connectivity index (χ0n) is 13.8. The lowest BCUT2D eigenvalue weighted by Gasteiger charge is -2.24. The highest BCUT2D eigenvalue weighted by Crippen LogP contribution is 2.41. The number of nitrogens with zero attached hydrogens (tertiary/aromatic N) is 4. The normalized spacial score (nSPS) is 23.8. The zero-order valence-corrected chi connectivity index (χ0v) is 13.8. The smallest absolute Gasteiger partial charge is 0.255 e. The molecule has 0 spiro atoms. The van der Waals surface area contributed by atoms with Gasteiger partial charge in [-0.15, -0.1) is 5.10 Å². The highest BCUT2D eigenvalue weighted by molar-refractivity contribution is 5.96. The molecule has 1 N–H and O–H groups in total. The highest BCUT2D eigenvalue weighted by Gasteiger charge is 2.35. The maximum absolute atomic E-state index is 13.0. The molecule has 2 aromatic rings. The van der Waals surface area contributed by atoms with Crippen LogP contribution in [0.1, 0.15) is 72.1 Å². The third-order valence-corrected chi connectivity index (χ3v) is 5.58. The lowest BCUT2D eigenvalue weighted by Crippen LogP contribution is -2.38. The fourth-order valence-corrected chi connectivity index (χ4v) is 3.91. The second-order valence-corrected chi connectivity index (χ2v) is 7.51. The lowest BCUT2D eigenvalue weighted by atomic mass is 10.1. The minimum Gasteiger partial charge on any atom is -0.364 e. The van der Waals surface area contributed by atoms with Crippen LogP contribution in [0, 0.1) is 0 Å². The van der Waals surface area contributed by atoms with Gasteiger partial charge in [-0.05, 0) is 50.5 Å². The van der Waals surface area contributed by atoms with E-state index < -0.39 is 0 Å². The molecule has 0 radical (unpaired) electrons. The van der Waals surface area contributed by atoms with Gasteiger partial charge in [0.1, 0.15) is 0 Å². The van der Waals surface area contributed by atoms with Crippen molar-refractivity contribution in [3.63, 3.8) is 0 Å². The van der Waals surface area contributed by atoms with Gasteiger partial charge in [-0.1, -0.05) is 5.21 Å². The number of hydrogen-bond donors (Lipinski definition) is 1. The van der Waals surface area contributed by atoms with Crippen LogP contribution in [0.25, 0.3) is 0 Å². The Hall–Kier alpha value is -2.11. The maximum atomic E-state index is 13.0. The quantitative estimate of drug-likeness (QED) is 0.919. The molecule has 0 aromatic carbocycles. The molecule has 0 bridgehead atoms. The minimum atomic E-state index is 0.184. The minimum absolute atomic E-state index is 0.184. The standard InChI is InChI=1S/C18H23N5O/c24-18(15-7-8-19-17(15)13-5-6-13)23-9-1-2-14(23)10-22-11-16(20-21-22)12-3-4-12/h7-8,11-14,19H,1-6,9-10H2/t14-/m0/s1. The number of amides is 1. The molecule has 3 heterocycles. The molecule has 126 valence electrons. The summed E-state index contributed by atoms with van der Waals surface area (Å²) in [6, 6.07) is 2.18. The Balaban J connectivity index is 1.32. The van der Waals surface area contributed by atoms with Gasteiger partial charge in [-0.25, -0.2) is 0 Å². The van der Waals surface area contributed by atoms with Crippen LogP contribution in [0.2, 0.25) is 0 Å². The first kappa shape index (κ1) is 14.3. The predicted molar refractivity (Wildman–Crippen MR) is 88.8 cm³/mol. The number of H-pyrrole nitrogens is 1. The molecular formula is C18H23N5O. The van der Waals surface area contributed by atoms with Crippen LogP contribution >= 0.6 is 0 Å². The van der Waals surface area contributed by atoms with Crippen molar-refractivity contribution >= 4 is 5.91 Å². The summed E-state index contributed by atoms with van der Waals surface area (Å²) >= 11 is 0. The maximum Gasteiger partial charge on any atom is 0.255 e. The largest absolute Gasteiger partial charge is 0.364 e. The number of likely N-dealkylation sites (tertiary alicyclic amines) is 1. The van der Waals surface area contributed by atoms with Crippen molar-refractivity contribution in [2.75, 3.05) is 6.54 Å². The fourth-order valence-electron chi connectivity index (χ4n) is 3.91. The summed E-state index contributed by atoms with van der Waals surface area (Å²) in [5, 5.41) is 8.57. The van der Waals surface area contributed by atoms with E-state index in [0.29, 0.717) is 11.8 Å². The number of carbonyl (C=O) groups excluding carboxylic acids is 1. The Morgan fingerprint density at radius 1 is 1.21 bits per heavy atom. The first-order valence-electron chi connectivity index (χ1n) is 9.18. The molecule has 3 fully saturated rings. The molecule has 6 heteroatoms. The van der Waals surface area contributed by atoms with Gasteiger partial charge in [-0.3, -0.25) is 9.48 Å². The van der Waals surface area contributed by atoms with Gasteiger partial charge < -0.3 is 9.88 Å². The van der Waals surface area contributed by atoms with E-state index in [4.69, 9.17) is 0 Å². The van der Waals surface area contributed by atoms with Crippen LogP contribution in [0.4, 0.5) is 0 Å². The van der Waals surface area contributed by atoms with Crippen molar-refractivity contribution in [2.45, 2.75) is 62.9 Å². The van der Waals surface area contributed by atoms with E-state index in [2.05, 4.69) is 21.5 Å². The van der Waals surface area contributed by atoms with Crippen molar-refractivity contribution in [3.8, 4) is 0 Å². The Kier molecular flexibility index (Phi) is 3.24. The Bertz CT molecular complexity index is 755. The molecule has 0 unspecified atom stereocenters. The topological polar surface area (TPSA) is 66.8 Å². The fraction of sp³-hybridized carbons (Fsp3) is 0.611. The third kappa shape index (κ3) is 2.54. The van der Waals surface area contributed by atoms with Crippen molar-refractivity contribution in [3.05, 3.63) is 35.4 Å². The number of rotatable bonds is 5. The third-order valence-electron chi connectivity index (χ3n) is 5.58. The molecular weight excluding hydrogens is 302 g/mol. The van der Waals surface area contributed by atoms with Crippen molar-refractivity contribution in [1.29, 1.82) is 0 Å². The molecule has 5 rings (SSSR count). The van der Waals surface area contributed by atoms with E-state index in [1.165, 1.54) is 25.7 Å². The second-order valence-electron chi connectivity index (χ2n) is 7.51. The van der Waals surface area contributed by atoms with E-state index >= 15 is 0 Å². The van der Waals surface area contributed by atoms with Gasteiger partial charge in [0.2, 0.25) is 0 Å². The Morgan fingerprint density at radius 3 is 2.83 bits per heavy atom. The molecule has 2 aromatic heterocycles. The lowest BCUT2D eigenvalue weighted by molar-refractivity contribution is 0.0720. The van der Waals surface area contributed by atoms with Gasteiger partial charge in [0, 0.05) is 30.6 Å². The van der Waals surface area contributed by atoms with E-state index in [-0.39, 0.29) is 11.9 Å². The number of hydrogen-bond acceptors (Lipinski definition) is 3. The summed E-state index contributed by atoms with van der Waals surface area (Å²) in [6.07, 6.45) is 11.0. The van der Waals surface area contributed by atoms with Crippen LogP contribution in [-0.4, -0.2) is 43.4 Å². The summed E-state index contributed by atoms with van der Waals surface area (Å²) in [6.45, 7) is 1.61. The van der Waals surface area contributed by atoms with Gasteiger partial charge in [0.25, 0.3) is 5.91 Å². The molecule has 3 aliphatic rings. The van der Waals surface area contributed by atoms with E-state index in [1.54, 1.807) is 0 Å². The number of aromatic nitrogens is 4. The van der Waals surface area contributed by atoms with Gasteiger partial charge in [0.05, 0.1) is 23.8 Å². The van der Waals surface area contributed by atoms with Crippen molar-refractivity contribution in [1.82, 2.24) is 24.9 Å². The summed E-state index contributed by atoms with van der Waals surface area (Å²) in [5.41, 5.74) is 3.14. The van der Waals surface area contributed by atoms with Gasteiger partial charge in [0.15, 0.2) is 0 Å². The molecule has 1 amide bonds. The molecule has 2 saturated carbocycles. The van der Waals surface area contributed by atoms with Crippen LogP contribution in [0.3, 0.4) is 0 Å². The average Bonchev–Trinajstić information content (AvgIpc) is 3.48. The summed E-state index contributed by atoms with van der Waals surface area (Å²) in [7, 11) is 0. The molecule has 6 nitrogen and oxygen atoms in total. The van der Waals surface area contributed by atoms with Crippen LogP contribution in [-0.2, 0) is 6.54 Å². The molecule has 1 aliphatic heterocycles. The number of aromatic amines is 1. The predicted octanol–water partition coefficient (Wildman–Crippen LogP) is 2.67. The molecule has 24 heavy (non-hydrogen) atoms. The monoisotopic (exact) mass is 325 g/mol. The average molecular weight is 325 g/mol. The van der Waals surface area contributed by atoms with Crippen molar-refractivity contribution in [2.24, 2.45) is 0 Å². The van der Waals surface area contributed by atoms with Crippen molar-refractivity contribution < 1.29 is 4.79 Å². The molecule has 1 saturated heterocycles. The number of carbonyl (C=O) groups is 1. The second kappa shape index (κ2) is 5.46. The first-order chi connectivity index (χ1) is 11.8. The van der Waals surface area contributed by atoms with Crippen LogP contribution in [0.5, 0.6) is 0 Å². The van der Waals surface area contributed by atoms with Gasteiger partial charge >= 0.3 is 0 Å². The summed E-state index contributed by atoms with van der Waals surface area (Å²) in [5.74, 6) is 1.38. The zero-order chi connectivity index (χ0) is 16.1. The summed E-state index contributed by atoms with van der Waals surface area (Å²) in [4.78, 5) is 18.4. The Morgan fingerprint density at radius 2 is 2.04 bits per heavy atom. The van der Waals surface area contributed by atoms with Crippen LogP contribution in [0.15, 0.2) is 18.5 Å². The van der Waals surface area contributed by atoms with E-state index in [0.717, 1.165) is 42.9 Å². The summed E-state index contributed by atoms with van der Waals surface area (Å²) < 4.78 is 1.93. The molecule has 1 atom stereocenters. The number of nitrogens with one attached hydrogen (secondary N) is 1. The highest BCUT2D eigenvalue weighted by atomic mass is 16.2. The van der Waals surface area contributed by atoms with E-state index in [1.807, 2.05) is 21.8 Å². The first-order valence-corrected chi connectivity index (χ1v) is 9.18. The molecule has 2 aliphatic carbocycles. The van der Waals surface area contributed by atoms with Crippen LogP contribution < -0.4 is 0 Å². The SMILES string of the molecule is O=C(c1cc[nH]c1C1CC1)N1CCC[C@H]1Cn1cc(C2CC2)nn1. The van der Waals surface area contributed by atoms with Gasteiger partial charge in [-0.2, -0.15) is 0 Å².